The molecule has 1 aliphatic carbocycles. The van der Waals surface area contributed by atoms with E-state index in [-0.39, 0.29) is 0 Å². The van der Waals surface area contributed by atoms with Crippen molar-refractivity contribution in [3.8, 4) is 6.07 Å². The third-order valence-corrected chi connectivity index (χ3v) is 4.04. The van der Waals surface area contributed by atoms with Crippen molar-refractivity contribution in [3.63, 3.8) is 0 Å². The van der Waals surface area contributed by atoms with Crippen LogP contribution in [0, 0.1) is 11.3 Å². The van der Waals surface area contributed by atoms with E-state index in [9.17, 15) is 10.4 Å². The van der Waals surface area contributed by atoms with Gasteiger partial charge < -0.3 is 15.3 Å². The number of hydrogen-bond donors (Lipinski definition) is 2. The fourth-order valence-electron chi connectivity index (χ4n) is 3.04. The van der Waals surface area contributed by atoms with Gasteiger partial charge in [0, 0.05) is 20.1 Å². The summed E-state index contributed by atoms with van der Waals surface area (Å²) in [6.07, 6.45) is 3.90. The van der Waals surface area contributed by atoms with Crippen LogP contribution in [0.3, 0.4) is 0 Å². The Hall–Kier alpha value is -1.57. The number of likely N-dealkylation sites (N-methyl/N-ethyl adjacent to an activating group) is 1. The van der Waals surface area contributed by atoms with E-state index in [0.29, 0.717) is 12.1 Å². The summed E-state index contributed by atoms with van der Waals surface area (Å²) in [5.74, 6) is 0. The van der Waals surface area contributed by atoms with Crippen LogP contribution >= 0.6 is 0 Å². The maximum atomic E-state index is 10.5. The minimum absolute atomic E-state index is 0.590. The molecule has 4 heteroatoms. The van der Waals surface area contributed by atoms with Crippen molar-refractivity contribution in [3.05, 3.63) is 29.3 Å². The van der Waals surface area contributed by atoms with Gasteiger partial charge in [-0.25, -0.2) is 0 Å². The Morgan fingerprint density at radius 2 is 2.10 bits per heavy atom. The highest BCUT2D eigenvalue weighted by molar-refractivity contribution is 5.60. The number of benzene rings is 1. The smallest absolute Gasteiger partial charge is 0.101 e. The van der Waals surface area contributed by atoms with E-state index in [1.165, 1.54) is 0 Å². The molecule has 2 N–H and O–H groups in total. The molecule has 0 heterocycles. The summed E-state index contributed by atoms with van der Waals surface area (Å²) >= 11 is 0. The lowest BCUT2D eigenvalue weighted by atomic mass is 10.0. The lowest BCUT2D eigenvalue weighted by Crippen LogP contribution is -2.39. The standard InChI is InChI=1S/C16H23N3O/c1-18-11-13-5-6-15(14(9-13)10-17)19(2)12-16(20)7-3-4-8-16/h5-6,9,18,20H,3-4,7-8,11-12H2,1-2H3. The van der Waals surface area contributed by atoms with Crippen molar-refractivity contribution < 1.29 is 5.11 Å². The number of hydrogen-bond acceptors (Lipinski definition) is 4. The van der Waals surface area contributed by atoms with Gasteiger partial charge in [-0.05, 0) is 37.6 Å². The molecule has 2 rings (SSSR count). The van der Waals surface area contributed by atoms with Gasteiger partial charge in [0.1, 0.15) is 6.07 Å². The summed E-state index contributed by atoms with van der Waals surface area (Å²) in [6, 6.07) is 8.18. The summed E-state index contributed by atoms with van der Waals surface area (Å²) < 4.78 is 0. The second-order valence-electron chi connectivity index (χ2n) is 5.78. The van der Waals surface area contributed by atoms with Crippen LogP contribution < -0.4 is 10.2 Å². The number of anilines is 1. The SMILES string of the molecule is CNCc1ccc(N(C)CC2(O)CCCC2)c(C#N)c1. The van der Waals surface area contributed by atoms with Crippen LogP contribution in [0.1, 0.15) is 36.8 Å². The van der Waals surface area contributed by atoms with Crippen molar-refractivity contribution in [1.29, 1.82) is 5.26 Å². The largest absolute Gasteiger partial charge is 0.388 e. The molecule has 0 spiro atoms. The Labute approximate surface area is 121 Å². The molecule has 0 atom stereocenters. The maximum absolute atomic E-state index is 10.5. The minimum atomic E-state index is -0.592. The monoisotopic (exact) mass is 273 g/mol. The predicted octanol–water partition coefficient (Wildman–Crippen LogP) is 2.02. The van der Waals surface area contributed by atoms with Crippen LogP contribution in [-0.2, 0) is 6.54 Å². The highest BCUT2D eigenvalue weighted by Gasteiger charge is 2.32. The van der Waals surface area contributed by atoms with Gasteiger partial charge in [-0.3, -0.25) is 0 Å². The Morgan fingerprint density at radius 3 is 2.70 bits per heavy atom. The van der Waals surface area contributed by atoms with Crippen LogP contribution in [0.15, 0.2) is 18.2 Å². The Balaban J connectivity index is 2.16. The molecule has 0 amide bonds. The summed E-state index contributed by atoms with van der Waals surface area (Å²) in [4.78, 5) is 2.01. The first-order valence-electron chi connectivity index (χ1n) is 7.19. The number of rotatable bonds is 5. The van der Waals surface area contributed by atoms with E-state index in [2.05, 4.69) is 11.4 Å². The average molecular weight is 273 g/mol. The van der Waals surface area contributed by atoms with Gasteiger partial charge in [-0.15, -0.1) is 0 Å². The van der Waals surface area contributed by atoms with E-state index in [1.54, 1.807) is 0 Å². The zero-order chi connectivity index (χ0) is 14.6. The van der Waals surface area contributed by atoms with E-state index >= 15 is 0 Å². The van der Waals surface area contributed by atoms with Gasteiger partial charge in [-0.1, -0.05) is 18.9 Å². The zero-order valence-corrected chi connectivity index (χ0v) is 12.3. The minimum Gasteiger partial charge on any atom is -0.388 e. The highest BCUT2D eigenvalue weighted by atomic mass is 16.3. The van der Waals surface area contributed by atoms with Gasteiger partial charge >= 0.3 is 0 Å². The van der Waals surface area contributed by atoms with Crippen molar-refractivity contribution in [1.82, 2.24) is 5.32 Å². The van der Waals surface area contributed by atoms with Crippen LogP contribution in [-0.4, -0.2) is 31.3 Å². The molecule has 20 heavy (non-hydrogen) atoms. The number of nitrogens with one attached hydrogen (secondary N) is 1. The average Bonchev–Trinajstić information content (AvgIpc) is 2.85. The molecule has 4 nitrogen and oxygen atoms in total. The summed E-state index contributed by atoms with van der Waals surface area (Å²) in [5.41, 5.74) is 2.07. The molecule has 1 saturated carbocycles. The molecular formula is C16H23N3O. The second kappa shape index (κ2) is 6.25. The summed E-state index contributed by atoms with van der Waals surface area (Å²) in [6.45, 7) is 1.34. The van der Waals surface area contributed by atoms with E-state index in [4.69, 9.17) is 0 Å². The van der Waals surface area contributed by atoms with Crippen molar-refractivity contribution in [2.24, 2.45) is 0 Å². The van der Waals surface area contributed by atoms with Crippen molar-refractivity contribution in [2.75, 3.05) is 25.5 Å². The molecule has 108 valence electrons. The molecule has 0 saturated heterocycles. The van der Waals surface area contributed by atoms with E-state index in [0.717, 1.165) is 43.5 Å². The first kappa shape index (κ1) is 14.8. The fourth-order valence-corrected chi connectivity index (χ4v) is 3.04. The van der Waals surface area contributed by atoms with Crippen LogP contribution in [0.2, 0.25) is 0 Å². The predicted molar refractivity (Wildman–Crippen MR) is 80.6 cm³/mol. The number of aliphatic hydroxyl groups is 1. The van der Waals surface area contributed by atoms with Gasteiger partial charge in [0.25, 0.3) is 0 Å². The lowest BCUT2D eigenvalue weighted by molar-refractivity contribution is 0.0559. The molecule has 1 aromatic rings. The Bertz CT molecular complexity index is 501. The van der Waals surface area contributed by atoms with Gasteiger partial charge in [0.2, 0.25) is 0 Å². The van der Waals surface area contributed by atoms with Gasteiger partial charge in [-0.2, -0.15) is 5.26 Å². The van der Waals surface area contributed by atoms with Crippen molar-refractivity contribution in [2.45, 2.75) is 37.8 Å². The third kappa shape index (κ3) is 3.30. The molecule has 0 aromatic heterocycles. The number of nitriles is 1. The molecule has 0 bridgehead atoms. The second-order valence-corrected chi connectivity index (χ2v) is 5.78. The lowest BCUT2D eigenvalue weighted by Gasteiger charge is -2.30. The molecule has 1 aromatic carbocycles. The molecular weight excluding hydrogens is 250 g/mol. The molecule has 1 aliphatic rings. The Morgan fingerprint density at radius 1 is 1.40 bits per heavy atom. The molecule has 1 fully saturated rings. The van der Waals surface area contributed by atoms with Crippen molar-refractivity contribution >= 4 is 5.69 Å². The number of nitrogens with zero attached hydrogens (tertiary/aromatic N) is 2. The normalized spacial score (nSPS) is 16.9. The first-order valence-corrected chi connectivity index (χ1v) is 7.19. The first-order chi connectivity index (χ1) is 9.58. The van der Waals surface area contributed by atoms with E-state index in [1.807, 2.05) is 37.2 Å². The highest BCUT2D eigenvalue weighted by Crippen LogP contribution is 2.32. The summed E-state index contributed by atoms with van der Waals surface area (Å²) in [7, 11) is 3.84. The van der Waals surface area contributed by atoms with Crippen LogP contribution in [0.4, 0.5) is 5.69 Å². The third-order valence-electron chi connectivity index (χ3n) is 4.04. The van der Waals surface area contributed by atoms with Crippen LogP contribution in [0.25, 0.3) is 0 Å². The topological polar surface area (TPSA) is 59.3 Å². The summed E-state index contributed by atoms with van der Waals surface area (Å²) in [5, 5.41) is 22.9. The quantitative estimate of drug-likeness (QED) is 0.861. The molecule has 0 radical (unpaired) electrons. The molecule has 0 unspecified atom stereocenters. The van der Waals surface area contributed by atoms with Gasteiger partial charge in [0.15, 0.2) is 0 Å². The zero-order valence-electron chi connectivity index (χ0n) is 12.3. The van der Waals surface area contributed by atoms with Gasteiger partial charge in [0.05, 0.1) is 16.9 Å². The molecule has 0 aliphatic heterocycles. The van der Waals surface area contributed by atoms with E-state index < -0.39 is 5.60 Å². The van der Waals surface area contributed by atoms with Crippen LogP contribution in [0.5, 0.6) is 0 Å². The fraction of sp³-hybridized carbons (Fsp3) is 0.562. The Kier molecular flexibility index (Phi) is 4.64. The maximum Gasteiger partial charge on any atom is 0.101 e.